The Bertz CT molecular complexity index is 605. The molecule has 0 heterocycles. The van der Waals surface area contributed by atoms with Crippen LogP contribution < -0.4 is 5.32 Å². The highest BCUT2D eigenvalue weighted by Gasteiger charge is 2.26. The molecular weight excluding hydrogens is 340 g/mol. The molecule has 0 aliphatic carbocycles. The van der Waals surface area contributed by atoms with E-state index in [2.05, 4.69) is 5.32 Å². The van der Waals surface area contributed by atoms with Gasteiger partial charge in [-0.1, -0.05) is 44.2 Å². The third-order valence-electron chi connectivity index (χ3n) is 3.71. The minimum absolute atomic E-state index is 0.0225. The standard InChI is InChI=1S/C18H26N2O6/c1-12(2)10-20(11-15(21)17(24)25)18(26)19-14(16(22)23)9-8-13-6-4-3-5-7-13/h3-7,12,14-15,21H,8-11H2,1-2H3,(H,19,26)(H,22,23)(H,24,25)/t14-,15?/m0/s1. The molecule has 1 aromatic carbocycles. The number of nitrogens with zero attached hydrogens (tertiary/aromatic N) is 1. The summed E-state index contributed by atoms with van der Waals surface area (Å²) in [4.78, 5) is 35.8. The Morgan fingerprint density at radius 3 is 2.15 bits per heavy atom. The molecule has 1 unspecified atom stereocenters. The van der Waals surface area contributed by atoms with E-state index in [4.69, 9.17) is 5.11 Å². The molecule has 1 rings (SSSR count). The number of nitrogens with one attached hydrogen (secondary N) is 1. The zero-order valence-corrected chi connectivity index (χ0v) is 15.0. The number of hydrogen-bond donors (Lipinski definition) is 4. The van der Waals surface area contributed by atoms with Crippen molar-refractivity contribution >= 4 is 18.0 Å². The van der Waals surface area contributed by atoms with E-state index in [0.29, 0.717) is 6.42 Å². The second-order valence-corrected chi connectivity index (χ2v) is 6.52. The zero-order chi connectivity index (χ0) is 19.7. The summed E-state index contributed by atoms with van der Waals surface area (Å²) in [5, 5.41) is 30.1. The van der Waals surface area contributed by atoms with E-state index >= 15 is 0 Å². The molecule has 8 nitrogen and oxygen atoms in total. The van der Waals surface area contributed by atoms with Crippen LogP contribution in [0, 0.1) is 5.92 Å². The van der Waals surface area contributed by atoms with Gasteiger partial charge in [-0.15, -0.1) is 0 Å². The summed E-state index contributed by atoms with van der Waals surface area (Å²) in [6.45, 7) is 3.45. The minimum Gasteiger partial charge on any atom is -0.480 e. The van der Waals surface area contributed by atoms with Gasteiger partial charge in [-0.3, -0.25) is 0 Å². The third kappa shape index (κ3) is 7.52. The lowest BCUT2D eigenvalue weighted by Gasteiger charge is -2.27. The molecule has 0 aliphatic heterocycles. The lowest BCUT2D eigenvalue weighted by atomic mass is 10.1. The summed E-state index contributed by atoms with van der Waals surface area (Å²) in [5.74, 6) is -2.59. The Morgan fingerprint density at radius 1 is 1.04 bits per heavy atom. The van der Waals surface area contributed by atoms with E-state index in [0.717, 1.165) is 10.5 Å². The first-order chi connectivity index (χ1) is 12.2. The molecule has 2 atom stereocenters. The van der Waals surface area contributed by atoms with Crippen molar-refractivity contribution in [2.75, 3.05) is 13.1 Å². The van der Waals surface area contributed by atoms with Crippen molar-refractivity contribution in [1.29, 1.82) is 0 Å². The first-order valence-corrected chi connectivity index (χ1v) is 8.43. The second-order valence-electron chi connectivity index (χ2n) is 6.52. The smallest absolute Gasteiger partial charge is 0.334 e. The predicted octanol–water partition coefficient (Wildman–Crippen LogP) is 1.19. The number of aliphatic carboxylic acids is 2. The number of hydrogen-bond acceptors (Lipinski definition) is 4. The molecule has 2 amide bonds. The van der Waals surface area contributed by atoms with Crippen LogP contribution in [-0.2, 0) is 16.0 Å². The van der Waals surface area contributed by atoms with Gasteiger partial charge in [0.1, 0.15) is 6.04 Å². The molecule has 0 saturated carbocycles. The molecule has 0 bridgehead atoms. The van der Waals surface area contributed by atoms with E-state index in [-0.39, 0.29) is 18.9 Å². The number of aliphatic hydroxyl groups excluding tert-OH is 1. The predicted molar refractivity (Wildman–Crippen MR) is 94.8 cm³/mol. The maximum absolute atomic E-state index is 12.4. The Balaban J connectivity index is 2.74. The molecule has 144 valence electrons. The van der Waals surface area contributed by atoms with E-state index in [1.165, 1.54) is 0 Å². The molecule has 0 saturated heterocycles. The van der Waals surface area contributed by atoms with Crippen LogP contribution in [0.1, 0.15) is 25.8 Å². The van der Waals surface area contributed by atoms with Gasteiger partial charge in [0.05, 0.1) is 6.54 Å². The molecule has 0 aliphatic rings. The number of carbonyl (C=O) groups is 3. The Morgan fingerprint density at radius 2 is 1.65 bits per heavy atom. The highest BCUT2D eigenvalue weighted by atomic mass is 16.4. The highest BCUT2D eigenvalue weighted by molar-refractivity contribution is 5.83. The summed E-state index contributed by atoms with van der Waals surface area (Å²) in [6, 6.07) is 7.48. The SMILES string of the molecule is CC(C)CN(CC(O)C(=O)O)C(=O)N[C@@H](CCc1ccccc1)C(=O)O. The average Bonchev–Trinajstić information content (AvgIpc) is 2.57. The quantitative estimate of drug-likeness (QED) is 0.492. The van der Waals surface area contributed by atoms with Gasteiger partial charge in [0, 0.05) is 6.54 Å². The second kappa shape index (κ2) is 10.4. The summed E-state index contributed by atoms with van der Waals surface area (Å²) in [7, 11) is 0. The number of carboxylic acid groups (broad SMARTS) is 2. The summed E-state index contributed by atoms with van der Waals surface area (Å²) in [5.41, 5.74) is 0.952. The Kier molecular flexibility index (Phi) is 8.57. The van der Waals surface area contributed by atoms with Gasteiger partial charge in [-0.2, -0.15) is 0 Å². The fourth-order valence-corrected chi connectivity index (χ4v) is 2.42. The largest absolute Gasteiger partial charge is 0.480 e. The van der Waals surface area contributed by atoms with Crippen LogP contribution in [0.2, 0.25) is 0 Å². The molecule has 0 fully saturated rings. The molecular formula is C18H26N2O6. The number of benzene rings is 1. The van der Waals surface area contributed by atoms with Gasteiger partial charge in [-0.25, -0.2) is 14.4 Å². The van der Waals surface area contributed by atoms with Gasteiger partial charge >= 0.3 is 18.0 Å². The van der Waals surface area contributed by atoms with Crippen molar-refractivity contribution < 1.29 is 29.7 Å². The number of aryl methyl sites for hydroxylation is 1. The van der Waals surface area contributed by atoms with Crippen LogP contribution in [-0.4, -0.2) is 63.4 Å². The van der Waals surface area contributed by atoms with E-state index in [1.807, 2.05) is 44.2 Å². The maximum atomic E-state index is 12.4. The van der Waals surface area contributed by atoms with Gasteiger partial charge in [0.25, 0.3) is 0 Å². The number of carboxylic acids is 2. The molecule has 26 heavy (non-hydrogen) atoms. The van der Waals surface area contributed by atoms with Crippen molar-refractivity contribution in [2.45, 2.75) is 38.8 Å². The molecule has 0 spiro atoms. The fourth-order valence-electron chi connectivity index (χ4n) is 2.42. The average molecular weight is 366 g/mol. The lowest BCUT2D eigenvalue weighted by molar-refractivity contribution is -0.147. The minimum atomic E-state index is -1.73. The van der Waals surface area contributed by atoms with Gasteiger partial charge < -0.3 is 25.5 Å². The molecule has 0 radical (unpaired) electrons. The van der Waals surface area contributed by atoms with Crippen LogP contribution in [0.15, 0.2) is 30.3 Å². The number of aliphatic hydroxyl groups is 1. The number of carbonyl (C=O) groups excluding carboxylic acids is 1. The van der Waals surface area contributed by atoms with Crippen LogP contribution in [0.3, 0.4) is 0 Å². The van der Waals surface area contributed by atoms with Crippen LogP contribution >= 0.6 is 0 Å². The first-order valence-electron chi connectivity index (χ1n) is 8.43. The maximum Gasteiger partial charge on any atom is 0.334 e. The number of urea groups is 1. The number of rotatable bonds is 10. The van der Waals surface area contributed by atoms with Crippen LogP contribution in [0.4, 0.5) is 4.79 Å². The fraction of sp³-hybridized carbons (Fsp3) is 0.500. The van der Waals surface area contributed by atoms with Crippen molar-refractivity contribution in [2.24, 2.45) is 5.92 Å². The van der Waals surface area contributed by atoms with Gasteiger partial charge in [0.15, 0.2) is 6.10 Å². The van der Waals surface area contributed by atoms with Gasteiger partial charge in [-0.05, 0) is 24.3 Å². The third-order valence-corrected chi connectivity index (χ3v) is 3.71. The van der Waals surface area contributed by atoms with Crippen LogP contribution in [0.25, 0.3) is 0 Å². The van der Waals surface area contributed by atoms with E-state index < -0.39 is 36.7 Å². The summed E-state index contributed by atoms with van der Waals surface area (Å²) < 4.78 is 0. The number of amides is 2. The zero-order valence-electron chi connectivity index (χ0n) is 15.0. The van der Waals surface area contributed by atoms with E-state index in [1.54, 1.807) is 0 Å². The van der Waals surface area contributed by atoms with E-state index in [9.17, 15) is 24.6 Å². The van der Waals surface area contributed by atoms with Crippen LogP contribution in [0.5, 0.6) is 0 Å². The highest BCUT2D eigenvalue weighted by Crippen LogP contribution is 2.07. The Hall–Kier alpha value is -2.61. The van der Waals surface area contributed by atoms with Crippen molar-refractivity contribution in [1.82, 2.24) is 10.2 Å². The normalized spacial score (nSPS) is 13.1. The first kappa shape index (κ1) is 21.4. The van der Waals surface area contributed by atoms with Crippen molar-refractivity contribution in [3.8, 4) is 0 Å². The lowest BCUT2D eigenvalue weighted by Crippen LogP contribution is -2.51. The summed E-state index contributed by atoms with van der Waals surface area (Å²) >= 11 is 0. The monoisotopic (exact) mass is 366 g/mol. The molecule has 1 aromatic rings. The molecule has 8 heteroatoms. The van der Waals surface area contributed by atoms with Crippen molar-refractivity contribution in [3.63, 3.8) is 0 Å². The molecule has 0 aromatic heterocycles. The van der Waals surface area contributed by atoms with Crippen molar-refractivity contribution in [3.05, 3.63) is 35.9 Å². The summed E-state index contributed by atoms with van der Waals surface area (Å²) in [6.07, 6.45) is -1.06. The van der Waals surface area contributed by atoms with Gasteiger partial charge in [0.2, 0.25) is 0 Å². The molecule has 4 N–H and O–H groups in total. The topological polar surface area (TPSA) is 127 Å². The Labute approximate surface area is 152 Å².